The standard InChI is InChI=1S/C17H19N5O2/c1-2-21-9-7-18-16(21)15-12(6-10-24-15)20-17(23)13-11-22-8-4-3-5-14(22)19-13/h3-5,7-9,11-12,15H,2,6,10H2,1H3,(H,20,23)/t12-,15-/m0/s1. The number of rotatable bonds is 4. The molecule has 4 rings (SSSR count). The van der Waals surface area contributed by atoms with Crippen LogP contribution < -0.4 is 5.32 Å². The van der Waals surface area contributed by atoms with Crippen LogP contribution in [0.15, 0.2) is 43.0 Å². The van der Waals surface area contributed by atoms with E-state index < -0.39 is 0 Å². The number of pyridine rings is 1. The Kier molecular flexibility index (Phi) is 3.78. The van der Waals surface area contributed by atoms with Gasteiger partial charge in [-0.2, -0.15) is 0 Å². The number of carbonyl (C=O) groups excluding carboxylic acids is 1. The molecule has 24 heavy (non-hydrogen) atoms. The highest BCUT2D eigenvalue weighted by atomic mass is 16.5. The number of hydrogen-bond donors (Lipinski definition) is 1. The molecule has 4 heterocycles. The molecule has 7 heteroatoms. The number of nitrogens with one attached hydrogen (secondary N) is 1. The molecule has 1 fully saturated rings. The fourth-order valence-corrected chi connectivity index (χ4v) is 3.12. The normalized spacial score (nSPS) is 20.5. The third kappa shape index (κ3) is 2.56. The second-order valence-corrected chi connectivity index (χ2v) is 5.82. The van der Waals surface area contributed by atoms with Gasteiger partial charge < -0.3 is 19.0 Å². The smallest absolute Gasteiger partial charge is 0.271 e. The number of imidazole rings is 2. The highest BCUT2D eigenvalue weighted by Crippen LogP contribution is 2.28. The van der Waals surface area contributed by atoms with E-state index >= 15 is 0 Å². The third-order valence-electron chi connectivity index (χ3n) is 4.35. The predicted octanol–water partition coefficient (Wildman–Crippen LogP) is 1.81. The van der Waals surface area contributed by atoms with E-state index in [1.807, 2.05) is 39.6 Å². The molecule has 1 aliphatic rings. The van der Waals surface area contributed by atoms with Gasteiger partial charge in [-0.25, -0.2) is 9.97 Å². The Morgan fingerprint density at radius 1 is 1.42 bits per heavy atom. The molecule has 1 amide bonds. The fourth-order valence-electron chi connectivity index (χ4n) is 3.12. The van der Waals surface area contributed by atoms with E-state index in [1.165, 1.54) is 0 Å². The zero-order valence-corrected chi connectivity index (χ0v) is 13.4. The molecule has 7 nitrogen and oxygen atoms in total. The summed E-state index contributed by atoms with van der Waals surface area (Å²) in [6.07, 6.45) is 7.85. The van der Waals surface area contributed by atoms with Gasteiger partial charge in [-0.15, -0.1) is 0 Å². The molecule has 1 saturated heterocycles. The van der Waals surface area contributed by atoms with E-state index in [0.29, 0.717) is 12.3 Å². The monoisotopic (exact) mass is 325 g/mol. The summed E-state index contributed by atoms with van der Waals surface area (Å²) < 4.78 is 9.70. The zero-order chi connectivity index (χ0) is 16.5. The molecule has 0 unspecified atom stereocenters. The Labute approximate surface area is 139 Å². The van der Waals surface area contributed by atoms with E-state index in [-0.39, 0.29) is 18.1 Å². The lowest BCUT2D eigenvalue weighted by atomic mass is 10.1. The van der Waals surface area contributed by atoms with Crippen molar-refractivity contribution in [1.82, 2.24) is 24.3 Å². The molecule has 1 N–H and O–H groups in total. The lowest BCUT2D eigenvalue weighted by molar-refractivity contribution is 0.0773. The van der Waals surface area contributed by atoms with Gasteiger partial charge >= 0.3 is 0 Å². The molecule has 2 atom stereocenters. The van der Waals surface area contributed by atoms with Crippen LogP contribution in [0.4, 0.5) is 0 Å². The molecular weight excluding hydrogens is 306 g/mol. The number of amides is 1. The van der Waals surface area contributed by atoms with Gasteiger partial charge in [0.2, 0.25) is 0 Å². The van der Waals surface area contributed by atoms with Gasteiger partial charge in [0.15, 0.2) is 0 Å². The summed E-state index contributed by atoms with van der Waals surface area (Å²) in [6.45, 7) is 3.49. The Hall–Kier alpha value is -2.67. The van der Waals surface area contributed by atoms with Crippen molar-refractivity contribution in [2.24, 2.45) is 0 Å². The first-order valence-corrected chi connectivity index (χ1v) is 8.13. The van der Waals surface area contributed by atoms with Crippen LogP contribution in [0.25, 0.3) is 5.65 Å². The minimum absolute atomic E-state index is 0.102. The Bertz CT molecular complexity index is 836. The lowest BCUT2D eigenvalue weighted by Crippen LogP contribution is -2.37. The lowest BCUT2D eigenvalue weighted by Gasteiger charge is -2.19. The van der Waals surface area contributed by atoms with E-state index in [0.717, 1.165) is 24.4 Å². The second-order valence-electron chi connectivity index (χ2n) is 5.82. The first kappa shape index (κ1) is 14.9. The molecule has 0 aliphatic carbocycles. The molecule has 3 aromatic rings. The molecule has 0 saturated carbocycles. The zero-order valence-electron chi connectivity index (χ0n) is 13.4. The van der Waals surface area contributed by atoms with Crippen LogP contribution in [0.1, 0.15) is 35.8 Å². The van der Waals surface area contributed by atoms with Gasteiger partial charge in [-0.3, -0.25) is 4.79 Å². The maximum Gasteiger partial charge on any atom is 0.271 e. The quantitative estimate of drug-likeness (QED) is 0.794. The number of aromatic nitrogens is 4. The molecule has 1 aliphatic heterocycles. The van der Waals surface area contributed by atoms with Gasteiger partial charge in [0, 0.05) is 37.9 Å². The summed E-state index contributed by atoms with van der Waals surface area (Å²) in [6, 6.07) is 5.57. The summed E-state index contributed by atoms with van der Waals surface area (Å²) in [5, 5.41) is 3.05. The van der Waals surface area contributed by atoms with Crippen LogP contribution in [0, 0.1) is 0 Å². The summed E-state index contributed by atoms with van der Waals surface area (Å²) >= 11 is 0. The maximum absolute atomic E-state index is 12.6. The van der Waals surface area contributed by atoms with Crippen LogP contribution >= 0.6 is 0 Å². The highest BCUT2D eigenvalue weighted by molar-refractivity contribution is 5.93. The summed E-state index contributed by atoms with van der Waals surface area (Å²) in [5.41, 5.74) is 1.16. The highest BCUT2D eigenvalue weighted by Gasteiger charge is 2.34. The van der Waals surface area contributed by atoms with Gasteiger partial charge in [0.25, 0.3) is 5.91 Å². The number of carbonyl (C=O) groups is 1. The SMILES string of the molecule is CCn1ccnc1[C@H]1OCC[C@@H]1NC(=O)c1cn2ccccc2n1. The molecule has 0 radical (unpaired) electrons. The Morgan fingerprint density at radius 2 is 2.33 bits per heavy atom. The van der Waals surface area contributed by atoms with Crippen molar-refractivity contribution in [2.45, 2.75) is 32.0 Å². The Balaban J connectivity index is 1.54. The average molecular weight is 325 g/mol. The van der Waals surface area contributed by atoms with Crippen molar-refractivity contribution in [3.05, 3.63) is 54.5 Å². The van der Waals surface area contributed by atoms with Crippen LogP contribution in [0.3, 0.4) is 0 Å². The van der Waals surface area contributed by atoms with Crippen LogP contribution in [0.2, 0.25) is 0 Å². The number of aryl methyl sites for hydroxylation is 1. The number of fused-ring (bicyclic) bond motifs is 1. The summed E-state index contributed by atoms with van der Waals surface area (Å²) in [7, 11) is 0. The predicted molar refractivity (Wildman–Crippen MR) is 87.7 cm³/mol. The number of ether oxygens (including phenoxy) is 1. The molecule has 0 aromatic carbocycles. The van der Waals surface area contributed by atoms with Crippen molar-refractivity contribution < 1.29 is 9.53 Å². The van der Waals surface area contributed by atoms with Gasteiger partial charge in [0.05, 0.1) is 6.04 Å². The topological polar surface area (TPSA) is 73.5 Å². The Morgan fingerprint density at radius 3 is 3.17 bits per heavy atom. The minimum atomic E-state index is -0.221. The van der Waals surface area contributed by atoms with Crippen molar-refractivity contribution in [1.29, 1.82) is 0 Å². The second kappa shape index (κ2) is 6.09. The first-order chi connectivity index (χ1) is 11.8. The van der Waals surface area contributed by atoms with Crippen LogP contribution in [-0.4, -0.2) is 37.5 Å². The maximum atomic E-state index is 12.6. The summed E-state index contributed by atoms with van der Waals surface area (Å²) in [4.78, 5) is 21.3. The van der Waals surface area contributed by atoms with E-state index in [9.17, 15) is 4.79 Å². The van der Waals surface area contributed by atoms with Crippen molar-refractivity contribution in [2.75, 3.05) is 6.61 Å². The van der Waals surface area contributed by atoms with E-state index in [1.54, 1.807) is 12.4 Å². The third-order valence-corrected chi connectivity index (χ3v) is 4.35. The van der Waals surface area contributed by atoms with Gasteiger partial charge in [0.1, 0.15) is 23.3 Å². The van der Waals surface area contributed by atoms with Crippen molar-refractivity contribution in [3.63, 3.8) is 0 Å². The van der Waals surface area contributed by atoms with Crippen LogP contribution in [-0.2, 0) is 11.3 Å². The average Bonchev–Trinajstić information content (AvgIpc) is 3.32. The van der Waals surface area contributed by atoms with Gasteiger partial charge in [-0.1, -0.05) is 6.07 Å². The number of hydrogen-bond acceptors (Lipinski definition) is 4. The largest absolute Gasteiger partial charge is 0.368 e. The summed E-state index contributed by atoms with van der Waals surface area (Å²) in [5.74, 6) is 0.670. The van der Waals surface area contributed by atoms with Crippen molar-refractivity contribution >= 4 is 11.6 Å². The van der Waals surface area contributed by atoms with Crippen molar-refractivity contribution in [3.8, 4) is 0 Å². The molecular formula is C17H19N5O2. The van der Waals surface area contributed by atoms with Gasteiger partial charge in [-0.05, 0) is 25.5 Å². The minimum Gasteiger partial charge on any atom is -0.368 e. The fraction of sp³-hybridized carbons (Fsp3) is 0.353. The molecule has 3 aromatic heterocycles. The van der Waals surface area contributed by atoms with E-state index in [2.05, 4.69) is 22.2 Å². The first-order valence-electron chi connectivity index (χ1n) is 8.13. The number of nitrogens with zero attached hydrogens (tertiary/aromatic N) is 4. The van der Waals surface area contributed by atoms with E-state index in [4.69, 9.17) is 4.74 Å². The molecule has 0 spiro atoms. The van der Waals surface area contributed by atoms with Crippen LogP contribution in [0.5, 0.6) is 0 Å². The molecule has 124 valence electrons. The molecule has 0 bridgehead atoms.